The number of amides is 1. The second-order valence-corrected chi connectivity index (χ2v) is 6.26. The molecule has 1 aliphatic rings. The SMILES string of the molecule is CCCCCOc1ccc(/C=C2/C(=O)Nc3ccc(Cl)cc32)cc1. The number of halogens is 1. The number of anilines is 1. The molecule has 0 radical (unpaired) electrons. The minimum absolute atomic E-state index is 0.104. The smallest absolute Gasteiger partial charge is 0.256 e. The summed E-state index contributed by atoms with van der Waals surface area (Å²) in [5.74, 6) is 0.750. The van der Waals surface area contributed by atoms with E-state index in [1.807, 2.05) is 42.5 Å². The Kier molecular flexibility index (Phi) is 5.21. The van der Waals surface area contributed by atoms with E-state index in [4.69, 9.17) is 16.3 Å². The molecule has 124 valence electrons. The molecule has 0 fully saturated rings. The van der Waals surface area contributed by atoms with E-state index in [1.165, 1.54) is 12.8 Å². The van der Waals surface area contributed by atoms with E-state index in [-0.39, 0.29) is 5.91 Å². The normalized spacial score (nSPS) is 14.6. The van der Waals surface area contributed by atoms with E-state index >= 15 is 0 Å². The van der Waals surface area contributed by atoms with Crippen LogP contribution in [0, 0.1) is 0 Å². The van der Waals surface area contributed by atoms with Gasteiger partial charge in [0.1, 0.15) is 5.75 Å². The predicted molar refractivity (Wildman–Crippen MR) is 99.4 cm³/mol. The number of benzene rings is 2. The van der Waals surface area contributed by atoms with Gasteiger partial charge in [0.15, 0.2) is 0 Å². The molecule has 1 N–H and O–H groups in total. The maximum Gasteiger partial charge on any atom is 0.256 e. The first-order chi connectivity index (χ1) is 11.7. The average molecular weight is 342 g/mol. The van der Waals surface area contributed by atoms with Crippen LogP contribution in [-0.4, -0.2) is 12.5 Å². The molecule has 0 atom stereocenters. The van der Waals surface area contributed by atoms with Crippen LogP contribution in [0.25, 0.3) is 11.6 Å². The number of hydrogen-bond donors (Lipinski definition) is 1. The zero-order chi connectivity index (χ0) is 16.9. The number of rotatable bonds is 6. The minimum Gasteiger partial charge on any atom is -0.494 e. The fourth-order valence-corrected chi connectivity index (χ4v) is 2.84. The van der Waals surface area contributed by atoms with E-state index in [0.717, 1.165) is 35.6 Å². The highest BCUT2D eigenvalue weighted by atomic mass is 35.5. The Hall–Kier alpha value is -2.26. The molecule has 24 heavy (non-hydrogen) atoms. The van der Waals surface area contributed by atoms with Gasteiger partial charge in [-0.2, -0.15) is 0 Å². The van der Waals surface area contributed by atoms with Crippen LogP contribution in [0.4, 0.5) is 5.69 Å². The van der Waals surface area contributed by atoms with Crippen LogP contribution in [0.3, 0.4) is 0 Å². The van der Waals surface area contributed by atoms with Gasteiger partial charge in [0.25, 0.3) is 5.91 Å². The molecule has 1 aliphatic heterocycles. The lowest BCUT2D eigenvalue weighted by Gasteiger charge is -2.06. The molecule has 0 spiro atoms. The monoisotopic (exact) mass is 341 g/mol. The van der Waals surface area contributed by atoms with E-state index in [0.29, 0.717) is 10.6 Å². The van der Waals surface area contributed by atoms with Gasteiger partial charge in [0.05, 0.1) is 6.61 Å². The highest BCUT2D eigenvalue weighted by Gasteiger charge is 2.24. The van der Waals surface area contributed by atoms with Gasteiger partial charge < -0.3 is 10.1 Å². The first-order valence-corrected chi connectivity index (χ1v) is 8.61. The maximum absolute atomic E-state index is 12.2. The van der Waals surface area contributed by atoms with Crippen LogP contribution < -0.4 is 10.1 Å². The standard InChI is InChI=1S/C20H20ClNO2/c1-2-3-4-11-24-16-8-5-14(6-9-16)12-18-17-13-15(21)7-10-19(17)22-20(18)23/h5-10,12-13H,2-4,11H2,1H3,(H,22,23)/b18-12+. The van der Waals surface area contributed by atoms with Gasteiger partial charge in [0.2, 0.25) is 0 Å². The van der Waals surface area contributed by atoms with Crippen molar-refractivity contribution in [3.63, 3.8) is 0 Å². The molecule has 0 bridgehead atoms. The van der Waals surface area contributed by atoms with Crippen LogP contribution in [0.15, 0.2) is 42.5 Å². The number of nitrogens with one attached hydrogen (secondary N) is 1. The number of hydrogen-bond acceptors (Lipinski definition) is 2. The topological polar surface area (TPSA) is 38.3 Å². The van der Waals surface area contributed by atoms with Gasteiger partial charge in [-0.1, -0.05) is 43.5 Å². The van der Waals surface area contributed by atoms with Crippen LogP contribution in [0.2, 0.25) is 5.02 Å². The lowest BCUT2D eigenvalue weighted by atomic mass is 10.0. The third kappa shape index (κ3) is 3.80. The lowest BCUT2D eigenvalue weighted by molar-refractivity contribution is -0.110. The van der Waals surface area contributed by atoms with Crippen molar-refractivity contribution in [2.75, 3.05) is 11.9 Å². The summed E-state index contributed by atoms with van der Waals surface area (Å²) < 4.78 is 5.71. The fourth-order valence-electron chi connectivity index (χ4n) is 2.67. The van der Waals surface area contributed by atoms with Gasteiger partial charge in [-0.25, -0.2) is 0 Å². The van der Waals surface area contributed by atoms with Gasteiger partial charge in [-0.05, 0) is 48.4 Å². The summed E-state index contributed by atoms with van der Waals surface area (Å²) in [5.41, 5.74) is 3.22. The van der Waals surface area contributed by atoms with Crippen molar-refractivity contribution in [2.45, 2.75) is 26.2 Å². The summed E-state index contributed by atoms with van der Waals surface area (Å²) in [6.07, 6.45) is 5.31. The molecular weight excluding hydrogens is 322 g/mol. The van der Waals surface area contributed by atoms with E-state index in [9.17, 15) is 4.79 Å². The van der Waals surface area contributed by atoms with Crippen molar-refractivity contribution in [1.29, 1.82) is 0 Å². The zero-order valence-electron chi connectivity index (χ0n) is 13.6. The zero-order valence-corrected chi connectivity index (χ0v) is 14.4. The Morgan fingerprint density at radius 1 is 1.12 bits per heavy atom. The summed E-state index contributed by atoms with van der Waals surface area (Å²) in [7, 11) is 0. The number of unbranched alkanes of at least 4 members (excludes halogenated alkanes) is 2. The van der Waals surface area contributed by atoms with E-state index < -0.39 is 0 Å². The number of fused-ring (bicyclic) bond motifs is 1. The molecule has 0 unspecified atom stereocenters. The fraction of sp³-hybridized carbons (Fsp3) is 0.250. The van der Waals surface area contributed by atoms with Gasteiger partial charge in [0, 0.05) is 21.8 Å². The Morgan fingerprint density at radius 2 is 1.92 bits per heavy atom. The van der Waals surface area contributed by atoms with Crippen molar-refractivity contribution in [2.24, 2.45) is 0 Å². The van der Waals surface area contributed by atoms with Gasteiger partial charge in [-0.15, -0.1) is 0 Å². The molecule has 0 saturated carbocycles. The van der Waals surface area contributed by atoms with Crippen LogP contribution in [0.5, 0.6) is 5.75 Å². The van der Waals surface area contributed by atoms with Crippen LogP contribution in [-0.2, 0) is 4.79 Å². The quantitative estimate of drug-likeness (QED) is 0.564. The number of carbonyl (C=O) groups excluding carboxylic acids is 1. The molecule has 2 aromatic carbocycles. The first-order valence-electron chi connectivity index (χ1n) is 8.23. The molecule has 0 saturated heterocycles. The second kappa shape index (κ2) is 7.54. The molecule has 0 aliphatic carbocycles. The summed E-state index contributed by atoms with van der Waals surface area (Å²) in [6.45, 7) is 2.91. The molecule has 2 aromatic rings. The number of carbonyl (C=O) groups is 1. The van der Waals surface area contributed by atoms with Crippen LogP contribution in [0.1, 0.15) is 37.3 Å². The Labute approximate surface area is 147 Å². The number of ether oxygens (including phenoxy) is 1. The Balaban J connectivity index is 1.75. The molecule has 0 aromatic heterocycles. The minimum atomic E-state index is -0.104. The molecule has 1 amide bonds. The lowest BCUT2D eigenvalue weighted by Crippen LogP contribution is -2.03. The van der Waals surface area contributed by atoms with Gasteiger partial charge >= 0.3 is 0 Å². The summed E-state index contributed by atoms with van der Waals surface area (Å²) in [4.78, 5) is 12.2. The largest absolute Gasteiger partial charge is 0.494 e. The third-order valence-corrected chi connectivity index (χ3v) is 4.21. The summed E-state index contributed by atoms with van der Waals surface area (Å²) in [6, 6.07) is 13.2. The van der Waals surface area contributed by atoms with Crippen molar-refractivity contribution in [3.05, 3.63) is 58.6 Å². The molecule has 3 nitrogen and oxygen atoms in total. The summed E-state index contributed by atoms with van der Waals surface area (Å²) >= 11 is 6.05. The van der Waals surface area contributed by atoms with Crippen LogP contribution >= 0.6 is 11.6 Å². The summed E-state index contributed by atoms with van der Waals surface area (Å²) in [5, 5.41) is 3.47. The highest BCUT2D eigenvalue weighted by molar-refractivity contribution is 6.36. The third-order valence-electron chi connectivity index (χ3n) is 3.97. The van der Waals surface area contributed by atoms with Crippen molar-refractivity contribution >= 4 is 34.8 Å². The highest BCUT2D eigenvalue weighted by Crippen LogP contribution is 2.35. The Bertz CT molecular complexity index is 766. The van der Waals surface area contributed by atoms with Crippen molar-refractivity contribution < 1.29 is 9.53 Å². The molecule has 1 heterocycles. The van der Waals surface area contributed by atoms with E-state index in [2.05, 4.69) is 12.2 Å². The van der Waals surface area contributed by atoms with Crippen molar-refractivity contribution in [1.82, 2.24) is 0 Å². The molecular formula is C20H20ClNO2. The van der Waals surface area contributed by atoms with Gasteiger partial charge in [-0.3, -0.25) is 4.79 Å². The van der Waals surface area contributed by atoms with Crippen molar-refractivity contribution in [3.8, 4) is 5.75 Å². The molecule has 4 heteroatoms. The maximum atomic E-state index is 12.2. The second-order valence-electron chi connectivity index (χ2n) is 5.83. The predicted octanol–water partition coefficient (Wildman–Crippen LogP) is 5.40. The van der Waals surface area contributed by atoms with E-state index in [1.54, 1.807) is 6.07 Å². The first kappa shape index (κ1) is 16.6. The average Bonchev–Trinajstić information content (AvgIpc) is 2.88. The molecule has 3 rings (SSSR count). The Morgan fingerprint density at radius 3 is 2.67 bits per heavy atom.